The highest BCUT2D eigenvalue weighted by Gasteiger charge is 2.48. The van der Waals surface area contributed by atoms with Crippen LogP contribution in [0, 0.1) is 11.4 Å². The van der Waals surface area contributed by atoms with Crippen LogP contribution in [0.15, 0.2) is 21.5 Å². The first kappa shape index (κ1) is 24.3. The lowest BCUT2D eigenvalue weighted by molar-refractivity contribution is -0.151. The van der Waals surface area contributed by atoms with Gasteiger partial charge in [0.1, 0.15) is 17.2 Å². The van der Waals surface area contributed by atoms with E-state index in [1.54, 1.807) is 12.3 Å². The van der Waals surface area contributed by atoms with Crippen molar-refractivity contribution in [1.29, 1.82) is 0 Å². The molecule has 1 N–H and O–H groups in total. The van der Waals surface area contributed by atoms with Crippen LogP contribution in [0.4, 0.5) is 4.39 Å². The molecule has 0 aromatic carbocycles. The predicted molar refractivity (Wildman–Crippen MR) is 129 cm³/mol. The van der Waals surface area contributed by atoms with E-state index in [0.717, 1.165) is 17.4 Å². The minimum Gasteiger partial charge on any atom is -0.423 e. The standard InChI is InChI=1S/C23H31FN2O5SSi/c1-22(2,3)23(28)12-30-11-16-14-9-17(32-18(14)21(27)31-19(16)23)15-10-26(25-20(15)24)13-29-7-8-33(4,5)6/h9-10,28H,7-8,11-13H2,1-6H3. The highest BCUT2D eigenvalue weighted by atomic mass is 32.1. The molecule has 1 atom stereocenters. The molecule has 7 nitrogen and oxygen atoms in total. The smallest absolute Gasteiger partial charge is 0.354 e. The van der Waals surface area contributed by atoms with E-state index >= 15 is 0 Å². The monoisotopic (exact) mass is 494 g/mol. The van der Waals surface area contributed by atoms with Crippen molar-refractivity contribution in [2.45, 2.75) is 65.4 Å². The third kappa shape index (κ3) is 4.59. The zero-order valence-electron chi connectivity index (χ0n) is 20.0. The number of aliphatic hydroxyl groups is 1. The normalized spacial score (nSPS) is 19.3. The van der Waals surface area contributed by atoms with Gasteiger partial charge in [-0.25, -0.2) is 9.48 Å². The number of thiophene rings is 1. The Balaban J connectivity index is 1.68. The summed E-state index contributed by atoms with van der Waals surface area (Å²) >= 11 is 1.14. The van der Waals surface area contributed by atoms with Crippen molar-refractivity contribution in [3.63, 3.8) is 0 Å². The Labute approximate surface area is 197 Å². The van der Waals surface area contributed by atoms with Gasteiger partial charge in [0.2, 0.25) is 5.95 Å². The zero-order chi connectivity index (χ0) is 24.2. The molecule has 180 valence electrons. The summed E-state index contributed by atoms with van der Waals surface area (Å²) in [5.74, 6) is -0.397. The molecular formula is C23H31FN2O5SSi. The molecule has 0 bridgehead atoms. The van der Waals surface area contributed by atoms with Gasteiger partial charge in [0, 0.05) is 42.1 Å². The summed E-state index contributed by atoms with van der Waals surface area (Å²) in [4.78, 5) is 13.4. The second-order valence-electron chi connectivity index (χ2n) is 10.9. The van der Waals surface area contributed by atoms with E-state index in [2.05, 4.69) is 24.7 Å². The highest BCUT2D eigenvalue weighted by Crippen LogP contribution is 2.46. The van der Waals surface area contributed by atoms with Crippen LogP contribution >= 0.6 is 11.3 Å². The first-order valence-corrected chi connectivity index (χ1v) is 15.5. The molecule has 1 aliphatic rings. The number of hydrogen-bond acceptors (Lipinski definition) is 7. The van der Waals surface area contributed by atoms with Crippen molar-refractivity contribution in [2.75, 3.05) is 13.2 Å². The van der Waals surface area contributed by atoms with Crippen molar-refractivity contribution < 1.29 is 23.4 Å². The van der Waals surface area contributed by atoms with Gasteiger partial charge in [-0.05, 0) is 12.1 Å². The molecule has 0 radical (unpaired) electrons. The molecule has 0 amide bonds. The van der Waals surface area contributed by atoms with Crippen LogP contribution in [0.5, 0.6) is 0 Å². The molecule has 1 aliphatic heterocycles. The Bertz CT molecular complexity index is 1240. The van der Waals surface area contributed by atoms with Crippen LogP contribution < -0.4 is 5.63 Å². The first-order valence-electron chi connectivity index (χ1n) is 11.0. The number of aromatic nitrogens is 2. The highest BCUT2D eigenvalue weighted by molar-refractivity contribution is 7.22. The van der Waals surface area contributed by atoms with Crippen molar-refractivity contribution >= 4 is 29.5 Å². The molecule has 3 aromatic heterocycles. The molecule has 0 saturated heterocycles. The maximum absolute atomic E-state index is 14.7. The molecule has 0 aliphatic carbocycles. The Kier molecular flexibility index (Phi) is 6.20. The van der Waals surface area contributed by atoms with Crippen molar-refractivity contribution in [3.8, 4) is 10.4 Å². The second kappa shape index (κ2) is 8.42. The van der Waals surface area contributed by atoms with Crippen molar-refractivity contribution in [1.82, 2.24) is 9.78 Å². The maximum atomic E-state index is 14.7. The van der Waals surface area contributed by atoms with E-state index in [0.29, 0.717) is 32.7 Å². The average molecular weight is 495 g/mol. The third-order valence-corrected chi connectivity index (χ3v) is 8.94. The second-order valence-corrected chi connectivity index (χ2v) is 17.5. The van der Waals surface area contributed by atoms with Gasteiger partial charge in [-0.1, -0.05) is 40.4 Å². The van der Waals surface area contributed by atoms with E-state index in [1.165, 1.54) is 4.68 Å². The molecule has 1 unspecified atom stereocenters. The number of rotatable bonds is 6. The molecule has 3 aromatic rings. The summed E-state index contributed by atoms with van der Waals surface area (Å²) in [5, 5.41) is 15.9. The summed E-state index contributed by atoms with van der Waals surface area (Å²) in [5.41, 5.74) is -1.70. The quantitative estimate of drug-likeness (QED) is 0.386. The van der Waals surface area contributed by atoms with E-state index < -0.39 is 30.7 Å². The Morgan fingerprint density at radius 3 is 2.76 bits per heavy atom. The van der Waals surface area contributed by atoms with E-state index in [9.17, 15) is 14.3 Å². The van der Waals surface area contributed by atoms with Gasteiger partial charge in [0.05, 0.1) is 18.8 Å². The lowest BCUT2D eigenvalue weighted by Crippen LogP contribution is -2.47. The number of nitrogens with zero attached hydrogens (tertiary/aromatic N) is 2. The number of ether oxygens (including phenoxy) is 2. The Hall–Kier alpha value is -1.85. The van der Waals surface area contributed by atoms with Crippen LogP contribution in [-0.2, 0) is 28.4 Å². The van der Waals surface area contributed by atoms with Gasteiger partial charge in [-0.3, -0.25) is 0 Å². The Morgan fingerprint density at radius 1 is 1.36 bits per heavy atom. The molecule has 4 rings (SSSR count). The molecule has 0 spiro atoms. The minimum absolute atomic E-state index is 0.0358. The fourth-order valence-corrected chi connectivity index (χ4v) is 5.61. The lowest BCUT2D eigenvalue weighted by Gasteiger charge is -2.42. The largest absolute Gasteiger partial charge is 0.423 e. The van der Waals surface area contributed by atoms with Crippen molar-refractivity contribution in [2.24, 2.45) is 5.41 Å². The fourth-order valence-electron chi connectivity index (χ4n) is 3.79. The van der Waals surface area contributed by atoms with E-state index in [4.69, 9.17) is 13.9 Å². The average Bonchev–Trinajstić information content (AvgIpc) is 3.29. The van der Waals surface area contributed by atoms with Gasteiger partial charge in [-0.2, -0.15) is 4.39 Å². The van der Waals surface area contributed by atoms with Crippen LogP contribution in [0.25, 0.3) is 20.5 Å². The van der Waals surface area contributed by atoms with E-state index in [1.807, 2.05) is 20.8 Å². The van der Waals surface area contributed by atoms with Gasteiger partial charge < -0.3 is 19.0 Å². The maximum Gasteiger partial charge on any atom is 0.354 e. The summed E-state index contributed by atoms with van der Waals surface area (Å²) in [6.07, 6.45) is 1.59. The third-order valence-electron chi connectivity index (χ3n) is 6.09. The van der Waals surface area contributed by atoms with Gasteiger partial charge in [-0.15, -0.1) is 16.4 Å². The SMILES string of the molecule is CC(C)(C)C1(O)COCc2c1oc(=O)c1sc(-c3cn(COCC[Si](C)(C)C)nc3F)cc21. The number of halogens is 1. The first-order chi connectivity index (χ1) is 15.3. The molecule has 10 heteroatoms. The van der Waals surface area contributed by atoms with Gasteiger partial charge in [0.15, 0.2) is 5.60 Å². The van der Waals surface area contributed by atoms with Crippen LogP contribution in [0.3, 0.4) is 0 Å². The summed E-state index contributed by atoms with van der Waals surface area (Å²) in [6.45, 7) is 13.4. The van der Waals surface area contributed by atoms with Gasteiger partial charge in [0.25, 0.3) is 0 Å². The van der Waals surface area contributed by atoms with Crippen LogP contribution in [-0.4, -0.2) is 36.2 Å². The lowest BCUT2D eigenvalue weighted by atomic mass is 9.73. The Morgan fingerprint density at radius 2 is 2.09 bits per heavy atom. The number of fused-ring (bicyclic) bond motifs is 3. The topological polar surface area (TPSA) is 86.7 Å². The minimum atomic E-state index is -1.45. The van der Waals surface area contributed by atoms with Crippen molar-refractivity contribution in [3.05, 3.63) is 40.0 Å². The molecule has 33 heavy (non-hydrogen) atoms. The van der Waals surface area contributed by atoms with Gasteiger partial charge >= 0.3 is 5.63 Å². The molecule has 4 heterocycles. The summed E-state index contributed by atoms with van der Waals surface area (Å²) in [7, 11) is -1.21. The fraction of sp³-hybridized carbons (Fsp3) is 0.565. The summed E-state index contributed by atoms with van der Waals surface area (Å²) < 4.78 is 33.5. The van der Waals surface area contributed by atoms with E-state index in [-0.39, 0.29) is 25.7 Å². The van der Waals surface area contributed by atoms with Crippen LogP contribution in [0.1, 0.15) is 32.1 Å². The van der Waals surface area contributed by atoms with Crippen LogP contribution in [0.2, 0.25) is 25.7 Å². The molecule has 0 fully saturated rings. The summed E-state index contributed by atoms with van der Waals surface area (Å²) in [6, 6.07) is 2.77. The zero-order valence-corrected chi connectivity index (χ0v) is 21.8. The number of hydrogen-bond donors (Lipinski definition) is 1. The predicted octanol–water partition coefficient (Wildman–Crippen LogP) is 4.93. The molecular weight excluding hydrogens is 463 g/mol. The molecule has 0 saturated carbocycles.